The van der Waals surface area contributed by atoms with Crippen molar-refractivity contribution in [3.63, 3.8) is 0 Å². The molecule has 4 aliphatic carbocycles. The van der Waals surface area contributed by atoms with Crippen LogP contribution in [0.3, 0.4) is 0 Å². The number of hydrogen-bond acceptors (Lipinski definition) is 10. The molecule has 0 radical (unpaired) electrons. The summed E-state index contributed by atoms with van der Waals surface area (Å²) in [5.41, 5.74) is -1.07. The molecule has 1 heterocycles. The van der Waals surface area contributed by atoms with E-state index in [1.807, 2.05) is 20.8 Å². The molecule has 4 saturated carbocycles. The number of carbonyl (C=O) groups is 1. The molecule has 16 atom stereocenters. The van der Waals surface area contributed by atoms with Gasteiger partial charge >= 0.3 is 5.97 Å². The molecule has 1 saturated heterocycles. The first kappa shape index (κ1) is 38.1. The van der Waals surface area contributed by atoms with Crippen LogP contribution in [0.2, 0.25) is 0 Å². The topological polar surface area (TPSA) is 166 Å². The van der Waals surface area contributed by atoms with Gasteiger partial charge in [0, 0.05) is 6.92 Å². The van der Waals surface area contributed by atoms with Crippen molar-refractivity contribution in [3.05, 3.63) is 11.6 Å². The summed E-state index contributed by atoms with van der Waals surface area (Å²) in [6.45, 7) is 18.1. The van der Waals surface area contributed by atoms with Crippen molar-refractivity contribution < 1.29 is 49.6 Å². The lowest BCUT2D eigenvalue weighted by molar-refractivity contribution is -0.337. The Bertz CT molecular complexity index is 1220. The number of hydrogen-bond donors (Lipinski definition) is 6. The summed E-state index contributed by atoms with van der Waals surface area (Å²) in [5, 5.41) is 67.9. The molecule has 5 aliphatic rings. The zero-order chi connectivity index (χ0) is 35.8. The van der Waals surface area contributed by atoms with Crippen LogP contribution in [0.15, 0.2) is 11.6 Å². The van der Waals surface area contributed by atoms with Crippen LogP contribution in [0, 0.1) is 45.3 Å². The molecule has 0 spiro atoms. The smallest absolute Gasteiger partial charge is 0.302 e. The minimum Gasteiger partial charge on any atom is -0.463 e. The first-order valence-electron chi connectivity index (χ1n) is 18.3. The Morgan fingerprint density at radius 1 is 0.896 bits per heavy atom. The summed E-state index contributed by atoms with van der Waals surface area (Å²) in [6, 6.07) is 0. The normalized spacial score (nSPS) is 49.6. The van der Waals surface area contributed by atoms with Crippen LogP contribution in [-0.4, -0.2) is 97.8 Å². The molecule has 48 heavy (non-hydrogen) atoms. The van der Waals surface area contributed by atoms with Crippen LogP contribution >= 0.6 is 0 Å². The molecule has 10 heteroatoms. The lowest BCUT2D eigenvalue weighted by Crippen LogP contribution is -2.70. The molecule has 1 aliphatic heterocycles. The van der Waals surface area contributed by atoms with Gasteiger partial charge < -0.3 is 44.8 Å². The highest BCUT2D eigenvalue weighted by Gasteiger charge is 2.73. The molecule has 0 aromatic heterocycles. The van der Waals surface area contributed by atoms with Crippen molar-refractivity contribution in [2.45, 2.75) is 168 Å². The van der Waals surface area contributed by atoms with Crippen LogP contribution in [0.4, 0.5) is 0 Å². The highest BCUT2D eigenvalue weighted by Crippen LogP contribution is 2.76. The Hall–Kier alpha value is -1.11. The maximum atomic E-state index is 12.3. The molecule has 6 N–H and O–H groups in total. The van der Waals surface area contributed by atoms with Crippen LogP contribution in [0.25, 0.3) is 0 Å². The second-order valence-corrected chi connectivity index (χ2v) is 18.1. The summed E-state index contributed by atoms with van der Waals surface area (Å²) in [5.74, 6) is -0.793. The van der Waals surface area contributed by atoms with E-state index in [0.29, 0.717) is 32.1 Å². The largest absolute Gasteiger partial charge is 0.463 e. The number of aliphatic hydroxyl groups is 6. The summed E-state index contributed by atoms with van der Waals surface area (Å²) < 4.78 is 17.9. The van der Waals surface area contributed by atoms with E-state index in [9.17, 15) is 35.4 Å². The van der Waals surface area contributed by atoms with E-state index in [0.717, 1.165) is 24.8 Å². The average Bonchev–Trinajstić information content (AvgIpc) is 3.36. The zero-order valence-electron chi connectivity index (χ0n) is 30.7. The number of aliphatic hydroxyl groups excluding tert-OH is 6. The standard InChI is InChI=1S/C38H64O10/c1-20(2)11-10-14-38(9,48-33-31(45)30(44)29(43)25(47-33)19-46-21(3)39)22-12-16-36(7)28(22)23(40)17-26-35(6)15-13-27(42)34(4,5)32(35)24(41)18-37(26,36)8/h11,22-33,40-45H,10,12-19H2,1-9H3/t22-,23+,24-,25+,26+,27-,28-,29+,30-,31+,32?,33-,35+,36+,37+,38-/m0/s1. The number of allylic oxidation sites excluding steroid dienone is 2. The number of esters is 1. The Morgan fingerprint density at radius 2 is 1.56 bits per heavy atom. The number of fused-ring (bicyclic) bond motifs is 5. The van der Waals surface area contributed by atoms with Gasteiger partial charge in [0.15, 0.2) is 6.29 Å². The molecule has 0 aromatic carbocycles. The molecule has 0 amide bonds. The number of rotatable bonds is 8. The third-order valence-corrected chi connectivity index (χ3v) is 14.7. The minimum absolute atomic E-state index is 0.0827. The van der Waals surface area contributed by atoms with Crippen LogP contribution in [0.5, 0.6) is 0 Å². The van der Waals surface area contributed by atoms with E-state index >= 15 is 0 Å². The molecule has 5 rings (SSSR count). The Kier molecular flexibility index (Phi) is 10.4. The summed E-state index contributed by atoms with van der Waals surface area (Å²) >= 11 is 0. The van der Waals surface area contributed by atoms with Crippen LogP contribution < -0.4 is 0 Å². The second kappa shape index (κ2) is 13.1. The van der Waals surface area contributed by atoms with Gasteiger partial charge in [-0.3, -0.25) is 4.79 Å². The molecule has 276 valence electrons. The molecule has 1 unspecified atom stereocenters. The maximum absolute atomic E-state index is 12.3. The van der Waals surface area contributed by atoms with Gasteiger partial charge in [0.25, 0.3) is 0 Å². The van der Waals surface area contributed by atoms with Gasteiger partial charge in [-0.05, 0) is 117 Å². The lowest BCUT2D eigenvalue weighted by Gasteiger charge is -2.71. The number of ether oxygens (including phenoxy) is 3. The van der Waals surface area contributed by atoms with Crippen molar-refractivity contribution >= 4 is 5.97 Å². The minimum atomic E-state index is -1.57. The van der Waals surface area contributed by atoms with E-state index in [2.05, 4.69) is 40.7 Å². The van der Waals surface area contributed by atoms with Gasteiger partial charge in [0.05, 0.1) is 23.9 Å². The Balaban J connectivity index is 1.49. The summed E-state index contributed by atoms with van der Waals surface area (Å²) in [7, 11) is 0. The maximum Gasteiger partial charge on any atom is 0.302 e. The van der Waals surface area contributed by atoms with Gasteiger partial charge in [-0.2, -0.15) is 0 Å². The van der Waals surface area contributed by atoms with E-state index in [1.54, 1.807) is 0 Å². The monoisotopic (exact) mass is 680 g/mol. The van der Waals surface area contributed by atoms with E-state index in [4.69, 9.17) is 14.2 Å². The van der Waals surface area contributed by atoms with Crippen molar-refractivity contribution in [3.8, 4) is 0 Å². The highest BCUT2D eigenvalue weighted by molar-refractivity contribution is 5.65. The van der Waals surface area contributed by atoms with Crippen molar-refractivity contribution in [1.29, 1.82) is 0 Å². The van der Waals surface area contributed by atoms with Gasteiger partial charge in [-0.15, -0.1) is 0 Å². The molecular formula is C38H64O10. The van der Waals surface area contributed by atoms with E-state index in [1.165, 1.54) is 6.92 Å². The van der Waals surface area contributed by atoms with Gasteiger partial charge in [0.2, 0.25) is 0 Å². The number of carbonyl (C=O) groups excluding carboxylic acids is 1. The molecule has 0 aromatic rings. The predicted molar refractivity (Wildman–Crippen MR) is 179 cm³/mol. The molecule has 0 bridgehead atoms. The predicted octanol–water partition coefficient (Wildman–Crippen LogP) is 3.87. The van der Waals surface area contributed by atoms with E-state index in [-0.39, 0.29) is 46.5 Å². The summed E-state index contributed by atoms with van der Waals surface area (Å²) in [4.78, 5) is 11.5. The fraction of sp³-hybridized carbons (Fsp3) is 0.921. The molecule has 10 nitrogen and oxygen atoms in total. The average molecular weight is 681 g/mol. The van der Waals surface area contributed by atoms with E-state index < -0.39 is 66.0 Å². The molecule has 5 fully saturated rings. The van der Waals surface area contributed by atoms with Crippen LogP contribution in [-0.2, 0) is 19.0 Å². The summed E-state index contributed by atoms with van der Waals surface area (Å²) in [6.07, 6.45) is -1.01. The Morgan fingerprint density at radius 3 is 2.19 bits per heavy atom. The quantitative estimate of drug-likeness (QED) is 0.164. The Labute approximate surface area is 287 Å². The first-order valence-corrected chi connectivity index (χ1v) is 18.3. The van der Waals surface area contributed by atoms with Gasteiger partial charge in [-0.25, -0.2) is 0 Å². The SMILES string of the molecule is CC(=O)OC[C@H]1O[C@@H](O[C@@](C)(CCC=C(C)C)[C@H]2CC[C@]3(C)[C@@H]2[C@H](O)C[C@@H]2[C@@]4(C)CC[C@H](O)C(C)(C)C4[C@@H](O)C[C@]23C)[C@H](O)[C@@H](O)[C@@H]1O. The third kappa shape index (κ3) is 6.02. The van der Waals surface area contributed by atoms with Gasteiger partial charge in [-0.1, -0.05) is 46.3 Å². The van der Waals surface area contributed by atoms with Crippen molar-refractivity contribution in [1.82, 2.24) is 0 Å². The van der Waals surface area contributed by atoms with Crippen LogP contribution in [0.1, 0.15) is 114 Å². The van der Waals surface area contributed by atoms with Crippen molar-refractivity contribution in [2.75, 3.05) is 6.61 Å². The van der Waals surface area contributed by atoms with Crippen molar-refractivity contribution in [2.24, 2.45) is 45.3 Å². The third-order valence-electron chi connectivity index (χ3n) is 14.7. The van der Waals surface area contributed by atoms with Gasteiger partial charge in [0.1, 0.15) is 31.0 Å². The fourth-order valence-electron chi connectivity index (χ4n) is 12.2. The fourth-order valence-corrected chi connectivity index (χ4v) is 12.2. The second-order valence-electron chi connectivity index (χ2n) is 18.1. The first-order chi connectivity index (χ1) is 22.1. The highest BCUT2D eigenvalue weighted by atomic mass is 16.7. The molecular weight excluding hydrogens is 616 g/mol. The zero-order valence-corrected chi connectivity index (χ0v) is 30.7. The lowest BCUT2D eigenvalue weighted by atomic mass is 9.34.